The van der Waals surface area contributed by atoms with Crippen molar-refractivity contribution >= 4 is 45.4 Å². The summed E-state index contributed by atoms with van der Waals surface area (Å²) in [4.78, 5) is 13.9. The van der Waals surface area contributed by atoms with Gasteiger partial charge in [0, 0.05) is 36.3 Å². The number of H-pyrrole nitrogens is 1. The Hall–Kier alpha value is -3.24. The van der Waals surface area contributed by atoms with Gasteiger partial charge in [-0.3, -0.25) is 9.89 Å². The molecule has 33 heavy (non-hydrogen) atoms. The highest BCUT2D eigenvalue weighted by Gasteiger charge is 2.43. The quantitative estimate of drug-likeness (QED) is 0.471. The molecule has 2 aliphatic rings. The number of ether oxygens (including phenoxy) is 1. The van der Waals surface area contributed by atoms with Gasteiger partial charge in [0.05, 0.1) is 41.4 Å². The molecular formula is C22H19ClF2N6O2. The number of fused-ring (bicyclic) bond motifs is 2. The first-order valence-corrected chi connectivity index (χ1v) is 11.0. The molecule has 0 bridgehead atoms. The number of hydrogen-bond acceptors (Lipinski definition) is 5. The summed E-state index contributed by atoms with van der Waals surface area (Å²) in [5.74, 6) is -1.18. The fourth-order valence-corrected chi connectivity index (χ4v) is 4.63. The van der Waals surface area contributed by atoms with Crippen molar-refractivity contribution in [1.82, 2.24) is 19.8 Å². The molecule has 6 rings (SSSR count). The summed E-state index contributed by atoms with van der Waals surface area (Å²) in [7, 11) is 0. The van der Waals surface area contributed by atoms with Crippen molar-refractivity contribution in [2.24, 2.45) is 5.92 Å². The van der Waals surface area contributed by atoms with Crippen LogP contribution in [-0.4, -0.2) is 58.2 Å². The smallest absolute Gasteiger partial charge is 0.231 e. The van der Waals surface area contributed by atoms with E-state index in [2.05, 4.69) is 20.6 Å². The van der Waals surface area contributed by atoms with E-state index in [1.165, 1.54) is 0 Å². The number of aromatic nitrogens is 4. The van der Waals surface area contributed by atoms with Crippen LogP contribution in [0.2, 0.25) is 5.02 Å². The molecule has 1 aliphatic carbocycles. The number of carbonyl (C=O) groups is 1. The first kappa shape index (κ1) is 20.4. The van der Waals surface area contributed by atoms with Gasteiger partial charge in [-0.25, -0.2) is 13.3 Å². The number of pyridine rings is 1. The van der Waals surface area contributed by atoms with Crippen LogP contribution in [0.25, 0.3) is 27.5 Å². The van der Waals surface area contributed by atoms with Crippen molar-refractivity contribution < 1.29 is 18.3 Å². The number of amides is 1. The maximum absolute atomic E-state index is 15.6. The molecule has 2 fully saturated rings. The monoisotopic (exact) mass is 472 g/mol. The van der Waals surface area contributed by atoms with Crippen LogP contribution >= 0.6 is 11.6 Å². The van der Waals surface area contributed by atoms with E-state index in [1.54, 1.807) is 35.1 Å². The lowest BCUT2D eigenvalue weighted by molar-refractivity contribution is -0.117. The van der Waals surface area contributed by atoms with Crippen molar-refractivity contribution in [3.05, 3.63) is 41.4 Å². The van der Waals surface area contributed by atoms with Gasteiger partial charge in [0.2, 0.25) is 5.91 Å². The van der Waals surface area contributed by atoms with Gasteiger partial charge in [-0.15, -0.1) is 0 Å². The van der Waals surface area contributed by atoms with Crippen molar-refractivity contribution in [2.45, 2.75) is 12.6 Å². The number of nitrogens with zero attached hydrogens (tertiary/aromatic N) is 4. The van der Waals surface area contributed by atoms with Crippen LogP contribution in [0, 0.1) is 11.7 Å². The highest BCUT2D eigenvalue weighted by Crippen LogP contribution is 2.43. The SMILES string of the molecule is O=C(Nc1cc2cc(-c3c(Cl)c(F)c(N4CCOCC4)c4[nH]ncc34)ccn2n1)[C@@H]1C[C@@H]1F. The molecule has 0 unspecified atom stereocenters. The lowest BCUT2D eigenvalue weighted by Gasteiger charge is -2.30. The molecule has 1 aliphatic heterocycles. The number of hydrogen-bond donors (Lipinski definition) is 2. The molecule has 3 aromatic heterocycles. The van der Waals surface area contributed by atoms with Gasteiger partial charge in [-0.1, -0.05) is 11.6 Å². The van der Waals surface area contributed by atoms with E-state index >= 15 is 4.39 Å². The third-order valence-electron chi connectivity index (χ3n) is 6.15. The van der Waals surface area contributed by atoms with Crippen molar-refractivity contribution in [2.75, 3.05) is 36.5 Å². The minimum absolute atomic E-state index is 0.00510. The Bertz CT molecular complexity index is 1400. The van der Waals surface area contributed by atoms with Crippen molar-refractivity contribution in [3.8, 4) is 11.1 Å². The van der Waals surface area contributed by atoms with E-state index in [9.17, 15) is 9.18 Å². The van der Waals surface area contributed by atoms with E-state index in [4.69, 9.17) is 16.3 Å². The molecule has 4 heterocycles. The highest BCUT2D eigenvalue weighted by atomic mass is 35.5. The lowest BCUT2D eigenvalue weighted by atomic mass is 10.0. The number of nitrogens with one attached hydrogen (secondary N) is 2. The Morgan fingerprint density at radius 2 is 2.09 bits per heavy atom. The minimum atomic E-state index is -1.08. The molecule has 1 saturated carbocycles. The average molecular weight is 473 g/mol. The van der Waals surface area contributed by atoms with Crippen LogP contribution in [0.5, 0.6) is 0 Å². The Kier molecular flexibility index (Phi) is 4.73. The zero-order valence-electron chi connectivity index (χ0n) is 17.3. The van der Waals surface area contributed by atoms with Gasteiger partial charge in [0.15, 0.2) is 11.6 Å². The number of anilines is 2. The molecule has 1 saturated heterocycles. The average Bonchev–Trinajstić information content (AvgIpc) is 3.18. The molecule has 170 valence electrons. The molecular weight excluding hydrogens is 454 g/mol. The molecule has 1 aromatic carbocycles. The Labute approximate surface area is 191 Å². The van der Waals surface area contributed by atoms with Crippen LogP contribution < -0.4 is 10.2 Å². The first-order valence-electron chi connectivity index (χ1n) is 10.6. The Morgan fingerprint density at radius 3 is 2.85 bits per heavy atom. The zero-order chi connectivity index (χ0) is 22.7. The highest BCUT2D eigenvalue weighted by molar-refractivity contribution is 6.36. The van der Waals surface area contributed by atoms with Crippen molar-refractivity contribution in [1.29, 1.82) is 0 Å². The van der Waals surface area contributed by atoms with E-state index in [0.717, 1.165) is 0 Å². The number of aromatic amines is 1. The second-order valence-corrected chi connectivity index (χ2v) is 8.65. The number of benzene rings is 1. The van der Waals surface area contributed by atoms with Gasteiger partial charge in [-0.05, 0) is 24.1 Å². The molecule has 8 nitrogen and oxygen atoms in total. The number of morpholine rings is 1. The number of alkyl halides is 1. The maximum Gasteiger partial charge on any atom is 0.231 e. The fourth-order valence-electron chi connectivity index (χ4n) is 4.33. The second-order valence-electron chi connectivity index (χ2n) is 8.27. The standard InChI is InChI=1S/C22H19ClF2N6O2/c23-18-17(14-10-26-28-20(14)21(19(18)25)30-3-5-33-6-4-30)11-1-2-31-12(7-11)8-16(29-31)27-22(32)13-9-15(13)24/h1-2,7-8,10,13,15H,3-6,9H2,(H,26,28)(H,27,29,32)/t13-,15+/m1/s1. The predicted molar refractivity (Wildman–Crippen MR) is 120 cm³/mol. The van der Waals surface area contributed by atoms with E-state index in [-0.39, 0.29) is 17.4 Å². The first-order chi connectivity index (χ1) is 16.0. The molecule has 4 aromatic rings. The third-order valence-corrected chi connectivity index (χ3v) is 6.50. The fraction of sp³-hybridized carbons (Fsp3) is 0.318. The van der Waals surface area contributed by atoms with Gasteiger partial charge >= 0.3 is 0 Å². The third kappa shape index (κ3) is 3.41. The van der Waals surface area contributed by atoms with Crippen molar-refractivity contribution in [3.63, 3.8) is 0 Å². The molecule has 0 spiro atoms. The van der Waals surface area contributed by atoms with Gasteiger partial charge in [0.25, 0.3) is 0 Å². The Morgan fingerprint density at radius 1 is 1.30 bits per heavy atom. The van der Waals surface area contributed by atoms with Crippen LogP contribution in [0.4, 0.5) is 20.3 Å². The summed E-state index contributed by atoms with van der Waals surface area (Å²) in [6.45, 7) is 2.14. The van der Waals surface area contributed by atoms with Gasteiger partial charge in [-0.2, -0.15) is 10.2 Å². The topological polar surface area (TPSA) is 87.5 Å². The zero-order valence-corrected chi connectivity index (χ0v) is 18.1. The molecule has 2 N–H and O–H groups in total. The lowest BCUT2D eigenvalue weighted by Crippen LogP contribution is -2.37. The number of halogens is 3. The van der Waals surface area contributed by atoms with Gasteiger partial charge < -0.3 is 15.0 Å². The summed E-state index contributed by atoms with van der Waals surface area (Å²) in [6.07, 6.45) is 2.50. The number of rotatable bonds is 4. The van der Waals surface area contributed by atoms with Crippen LogP contribution in [0.15, 0.2) is 30.6 Å². The van der Waals surface area contributed by atoms with E-state index < -0.39 is 17.9 Å². The summed E-state index contributed by atoms with van der Waals surface area (Å²) in [5.41, 5.74) is 2.82. The van der Waals surface area contributed by atoms with Crippen LogP contribution in [0.1, 0.15) is 6.42 Å². The minimum Gasteiger partial charge on any atom is -0.378 e. The summed E-state index contributed by atoms with van der Waals surface area (Å²) < 4.78 is 35.7. The van der Waals surface area contributed by atoms with Crippen LogP contribution in [0.3, 0.4) is 0 Å². The normalized spacial score (nSPS) is 20.5. The second kappa shape index (κ2) is 7.67. The summed E-state index contributed by atoms with van der Waals surface area (Å²) in [5, 5.41) is 14.7. The van der Waals surface area contributed by atoms with E-state index in [0.29, 0.717) is 65.4 Å². The Balaban J connectivity index is 1.41. The van der Waals surface area contributed by atoms with Crippen LogP contribution in [-0.2, 0) is 9.53 Å². The molecule has 0 radical (unpaired) electrons. The molecule has 11 heteroatoms. The largest absolute Gasteiger partial charge is 0.378 e. The summed E-state index contributed by atoms with van der Waals surface area (Å²) in [6, 6.07) is 5.25. The van der Waals surface area contributed by atoms with Gasteiger partial charge in [0.1, 0.15) is 11.9 Å². The van der Waals surface area contributed by atoms with E-state index in [1.807, 2.05) is 4.90 Å². The predicted octanol–water partition coefficient (Wildman–Crippen LogP) is 3.80. The number of carbonyl (C=O) groups excluding carboxylic acids is 1. The molecule has 2 atom stereocenters. The maximum atomic E-state index is 15.6. The molecule has 1 amide bonds. The summed E-state index contributed by atoms with van der Waals surface area (Å²) >= 11 is 6.58.